The van der Waals surface area contributed by atoms with Gasteiger partial charge in [0.25, 0.3) is 0 Å². The predicted octanol–water partition coefficient (Wildman–Crippen LogP) is 2.29. The van der Waals surface area contributed by atoms with Crippen molar-refractivity contribution in [1.82, 2.24) is 14.6 Å². The molecule has 4 nitrogen and oxygen atoms in total. The summed E-state index contributed by atoms with van der Waals surface area (Å²) >= 11 is 0. The third kappa shape index (κ3) is 2.04. The molecule has 17 heavy (non-hydrogen) atoms. The van der Waals surface area contributed by atoms with Gasteiger partial charge in [-0.3, -0.25) is 0 Å². The standard InChI is InChI=1S/C10H8F3N3O/c11-10(12,13)7-5-16-8(14-7)3-4-9(15-16)17-6-1-2-6/h3-6H,1-2H2. The third-order valence-corrected chi connectivity index (χ3v) is 2.40. The van der Waals surface area contributed by atoms with Crippen LogP contribution in [0.3, 0.4) is 0 Å². The Bertz CT molecular complexity index is 559. The Morgan fingerprint density at radius 3 is 2.71 bits per heavy atom. The van der Waals surface area contributed by atoms with Crippen LogP contribution in [0.5, 0.6) is 5.88 Å². The molecule has 0 amide bonds. The van der Waals surface area contributed by atoms with Gasteiger partial charge < -0.3 is 4.74 Å². The molecule has 0 atom stereocenters. The highest BCUT2D eigenvalue weighted by molar-refractivity contribution is 5.40. The van der Waals surface area contributed by atoms with Gasteiger partial charge in [-0.2, -0.15) is 13.2 Å². The van der Waals surface area contributed by atoms with Crippen LogP contribution in [0.4, 0.5) is 13.2 Å². The first-order valence-electron chi connectivity index (χ1n) is 5.13. The maximum absolute atomic E-state index is 12.4. The normalized spacial score (nSPS) is 16.4. The molecule has 0 aliphatic heterocycles. The second kappa shape index (κ2) is 3.35. The number of rotatable bonds is 2. The second-order valence-corrected chi connectivity index (χ2v) is 3.92. The number of aromatic nitrogens is 3. The molecule has 0 saturated heterocycles. The molecule has 2 aromatic heterocycles. The lowest BCUT2D eigenvalue weighted by Gasteiger charge is -2.02. The van der Waals surface area contributed by atoms with Crippen molar-refractivity contribution in [3.05, 3.63) is 24.0 Å². The van der Waals surface area contributed by atoms with Crippen molar-refractivity contribution in [3.8, 4) is 5.88 Å². The summed E-state index contributed by atoms with van der Waals surface area (Å²) in [6.07, 6.45) is -1.50. The molecule has 0 radical (unpaired) electrons. The topological polar surface area (TPSA) is 39.4 Å². The summed E-state index contributed by atoms with van der Waals surface area (Å²) in [4.78, 5) is 3.44. The molecule has 3 rings (SSSR count). The average molecular weight is 243 g/mol. The first kappa shape index (κ1) is 10.4. The van der Waals surface area contributed by atoms with Gasteiger partial charge in [0, 0.05) is 6.07 Å². The first-order valence-corrected chi connectivity index (χ1v) is 5.13. The molecule has 0 spiro atoms. The summed E-state index contributed by atoms with van der Waals surface area (Å²) in [5, 5.41) is 3.92. The Balaban J connectivity index is 1.97. The van der Waals surface area contributed by atoms with Gasteiger partial charge in [0.2, 0.25) is 5.88 Å². The molecule has 1 saturated carbocycles. The minimum atomic E-state index is -4.45. The summed E-state index contributed by atoms with van der Waals surface area (Å²) < 4.78 is 43.7. The molecule has 1 fully saturated rings. The van der Waals surface area contributed by atoms with Crippen molar-refractivity contribution in [2.24, 2.45) is 0 Å². The van der Waals surface area contributed by atoms with Crippen molar-refractivity contribution in [1.29, 1.82) is 0 Å². The van der Waals surface area contributed by atoms with Gasteiger partial charge in [0.15, 0.2) is 11.3 Å². The van der Waals surface area contributed by atoms with Crippen molar-refractivity contribution < 1.29 is 17.9 Å². The number of alkyl halides is 3. The zero-order valence-corrected chi connectivity index (χ0v) is 8.61. The summed E-state index contributed by atoms with van der Waals surface area (Å²) in [5.41, 5.74) is -0.797. The van der Waals surface area contributed by atoms with E-state index in [0.717, 1.165) is 23.6 Å². The van der Waals surface area contributed by atoms with Gasteiger partial charge in [0.1, 0.15) is 6.10 Å². The van der Waals surface area contributed by atoms with Crippen molar-refractivity contribution >= 4 is 5.65 Å². The highest BCUT2D eigenvalue weighted by Crippen LogP contribution is 2.29. The van der Waals surface area contributed by atoms with Gasteiger partial charge in [-0.15, -0.1) is 5.10 Å². The van der Waals surface area contributed by atoms with Gasteiger partial charge in [0.05, 0.1) is 6.20 Å². The van der Waals surface area contributed by atoms with Gasteiger partial charge >= 0.3 is 6.18 Å². The van der Waals surface area contributed by atoms with E-state index in [-0.39, 0.29) is 11.8 Å². The average Bonchev–Trinajstić information content (AvgIpc) is 2.94. The number of nitrogens with zero attached hydrogens (tertiary/aromatic N) is 3. The SMILES string of the molecule is FC(F)(F)c1cn2nc(OC3CC3)ccc2n1. The van der Waals surface area contributed by atoms with E-state index in [1.165, 1.54) is 12.1 Å². The maximum atomic E-state index is 12.4. The Kier molecular flexibility index (Phi) is 2.04. The highest BCUT2D eigenvalue weighted by Gasteiger charge is 2.34. The molecule has 2 aromatic rings. The lowest BCUT2D eigenvalue weighted by Crippen LogP contribution is -2.04. The number of imidazole rings is 1. The fourth-order valence-electron chi connectivity index (χ4n) is 1.42. The minimum absolute atomic E-state index is 0.153. The molecule has 7 heteroatoms. The van der Waals surface area contributed by atoms with Crippen LogP contribution in [0.2, 0.25) is 0 Å². The van der Waals surface area contributed by atoms with E-state index < -0.39 is 11.9 Å². The Labute approximate surface area is 94.0 Å². The molecule has 2 heterocycles. The predicted molar refractivity (Wildman–Crippen MR) is 51.6 cm³/mol. The molecular weight excluding hydrogens is 235 g/mol. The van der Waals surface area contributed by atoms with E-state index in [1.54, 1.807) is 0 Å². The number of hydrogen-bond acceptors (Lipinski definition) is 3. The second-order valence-electron chi connectivity index (χ2n) is 3.92. The van der Waals surface area contributed by atoms with Crippen LogP contribution in [0.1, 0.15) is 18.5 Å². The van der Waals surface area contributed by atoms with E-state index >= 15 is 0 Å². The smallest absolute Gasteiger partial charge is 0.434 e. The molecule has 0 bridgehead atoms. The van der Waals surface area contributed by atoms with E-state index in [9.17, 15) is 13.2 Å². The summed E-state index contributed by atoms with van der Waals surface area (Å²) in [6.45, 7) is 0. The van der Waals surface area contributed by atoms with E-state index in [1.807, 2.05) is 0 Å². The lowest BCUT2D eigenvalue weighted by atomic mass is 10.5. The Hall–Kier alpha value is -1.79. The zero-order valence-electron chi connectivity index (χ0n) is 8.61. The van der Waals surface area contributed by atoms with E-state index in [2.05, 4.69) is 10.1 Å². The Morgan fingerprint density at radius 2 is 2.06 bits per heavy atom. The number of hydrogen-bond donors (Lipinski definition) is 0. The molecule has 1 aliphatic rings. The van der Waals surface area contributed by atoms with Crippen LogP contribution in [-0.2, 0) is 6.18 Å². The fraction of sp³-hybridized carbons (Fsp3) is 0.400. The molecule has 0 aromatic carbocycles. The molecular formula is C10H8F3N3O. The monoisotopic (exact) mass is 243 g/mol. The zero-order chi connectivity index (χ0) is 12.0. The van der Waals surface area contributed by atoms with E-state index in [0.29, 0.717) is 5.88 Å². The lowest BCUT2D eigenvalue weighted by molar-refractivity contribution is -0.140. The minimum Gasteiger partial charge on any atom is -0.473 e. The van der Waals surface area contributed by atoms with Crippen molar-refractivity contribution in [3.63, 3.8) is 0 Å². The molecule has 90 valence electrons. The van der Waals surface area contributed by atoms with Crippen LogP contribution < -0.4 is 4.74 Å². The third-order valence-electron chi connectivity index (χ3n) is 2.40. The molecule has 0 N–H and O–H groups in total. The quantitative estimate of drug-likeness (QED) is 0.812. The number of ether oxygens (including phenoxy) is 1. The fourth-order valence-corrected chi connectivity index (χ4v) is 1.42. The van der Waals surface area contributed by atoms with Crippen LogP contribution in [0, 0.1) is 0 Å². The van der Waals surface area contributed by atoms with Crippen LogP contribution >= 0.6 is 0 Å². The largest absolute Gasteiger partial charge is 0.473 e. The highest BCUT2D eigenvalue weighted by atomic mass is 19.4. The molecule has 0 unspecified atom stereocenters. The van der Waals surface area contributed by atoms with Crippen LogP contribution in [-0.4, -0.2) is 20.7 Å². The number of halogens is 3. The summed E-state index contributed by atoms with van der Waals surface area (Å²) in [7, 11) is 0. The van der Waals surface area contributed by atoms with Crippen molar-refractivity contribution in [2.75, 3.05) is 0 Å². The first-order chi connectivity index (χ1) is 8.02. The van der Waals surface area contributed by atoms with Gasteiger partial charge in [-0.25, -0.2) is 9.50 Å². The van der Waals surface area contributed by atoms with E-state index in [4.69, 9.17) is 4.74 Å². The Morgan fingerprint density at radius 1 is 1.29 bits per heavy atom. The van der Waals surface area contributed by atoms with Gasteiger partial charge in [-0.05, 0) is 18.9 Å². The van der Waals surface area contributed by atoms with Gasteiger partial charge in [-0.1, -0.05) is 0 Å². The molecule has 1 aliphatic carbocycles. The van der Waals surface area contributed by atoms with Crippen molar-refractivity contribution in [2.45, 2.75) is 25.1 Å². The maximum Gasteiger partial charge on any atom is 0.434 e. The number of fused-ring (bicyclic) bond motifs is 1. The summed E-state index contributed by atoms with van der Waals surface area (Å²) in [5.74, 6) is 0.325. The van der Waals surface area contributed by atoms with Crippen LogP contribution in [0.15, 0.2) is 18.3 Å². The summed E-state index contributed by atoms with van der Waals surface area (Å²) in [6, 6.07) is 2.99. The van der Waals surface area contributed by atoms with Crippen LogP contribution in [0.25, 0.3) is 5.65 Å².